The van der Waals surface area contributed by atoms with Crippen molar-refractivity contribution in [2.75, 3.05) is 6.61 Å². The van der Waals surface area contributed by atoms with Crippen molar-refractivity contribution in [3.8, 4) is 0 Å². The molecule has 3 rings (SSSR count). The molecule has 2 heteroatoms. The predicted octanol–water partition coefficient (Wildman–Crippen LogP) is 4.06. The first kappa shape index (κ1) is 13.9. The Morgan fingerprint density at radius 3 is 2.53 bits per heavy atom. The van der Waals surface area contributed by atoms with Gasteiger partial charge >= 0.3 is 0 Å². The molecule has 0 radical (unpaired) electrons. The van der Waals surface area contributed by atoms with Crippen molar-refractivity contribution in [2.24, 2.45) is 11.8 Å². The zero-order valence-corrected chi connectivity index (χ0v) is 12.3. The van der Waals surface area contributed by atoms with Gasteiger partial charge in [0, 0.05) is 6.61 Å². The minimum Gasteiger partial charge on any atom is -0.393 e. The fourth-order valence-corrected chi connectivity index (χ4v) is 4.43. The molecule has 0 aromatic rings. The van der Waals surface area contributed by atoms with E-state index in [0.717, 1.165) is 31.8 Å². The van der Waals surface area contributed by atoms with E-state index in [1.165, 1.54) is 57.8 Å². The Balaban J connectivity index is 1.42. The summed E-state index contributed by atoms with van der Waals surface area (Å²) in [5.41, 5.74) is 0.189. The average molecular weight is 266 g/mol. The van der Waals surface area contributed by atoms with Crippen molar-refractivity contribution in [2.45, 2.75) is 88.8 Å². The van der Waals surface area contributed by atoms with Crippen LogP contribution >= 0.6 is 0 Å². The quantitative estimate of drug-likeness (QED) is 0.831. The number of hydrogen-bond donors (Lipinski definition) is 1. The van der Waals surface area contributed by atoms with E-state index in [-0.39, 0.29) is 11.7 Å². The topological polar surface area (TPSA) is 29.5 Å². The van der Waals surface area contributed by atoms with Gasteiger partial charge in [0.15, 0.2) is 0 Å². The van der Waals surface area contributed by atoms with E-state index >= 15 is 0 Å². The zero-order valence-electron chi connectivity index (χ0n) is 12.3. The van der Waals surface area contributed by atoms with Gasteiger partial charge in [0.25, 0.3) is 0 Å². The molecule has 1 spiro atoms. The van der Waals surface area contributed by atoms with E-state index in [0.29, 0.717) is 5.92 Å². The first-order valence-corrected chi connectivity index (χ1v) is 8.59. The Morgan fingerprint density at radius 1 is 1.05 bits per heavy atom. The van der Waals surface area contributed by atoms with Crippen LogP contribution in [0.2, 0.25) is 0 Å². The normalized spacial score (nSPS) is 33.0. The molecule has 0 aromatic carbocycles. The minimum absolute atomic E-state index is 0.0664. The number of aliphatic hydroxyl groups is 1. The highest BCUT2D eigenvalue weighted by molar-refractivity contribution is 4.95. The predicted molar refractivity (Wildman–Crippen MR) is 77.1 cm³/mol. The Hall–Kier alpha value is -0.0800. The average Bonchev–Trinajstić information content (AvgIpc) is 2.44. The smallest absolute Gasteiger partial charge is 0.0686 e. The van der Waals surface area contributed by atoms with Crippen LogP contribution in [0.3, 0.4) is 0 Å². The van der Waals surface area contributed by atoms with Crippen LogP contribution in [0.5, 0.6) is 0 Å². The lowest BCUT2D eigenvalue weighted by atomic mass is 9.70. The fraction of sp³-hybridized carbons (Fsp3) is 1.00. The molecule has 1 aliphatic heterocycles. The molecule has 3 fully saturated rings. The number of aliphatic hydroxyl groups excluding tert-OH is 1. The molecule has 2 nitrogen and oxygen atoms in total. The van der Waals surface area contributed by atoms with Crippen molar-refractivity contribution in [1.82, 2.24) is 0 Å². The van der Waals surface area contributed by atoms with Crippen LogP contribution < -0.4 is 0 Å². The molecule has 1 N–H and O–H groups in total. The molecule has 0 bridgehead atoms. The molecular weight excluding hydrogens is 236 g/mol. The highest BCUT2D eigenvalue weighted by atomic mass is 16.5. The molecule has 3 aliphatic rings. The summed E-state index contributed by atoms with van der Waals surface area (Å²) >= 11 is 0. The van der Waals surface area contributed by atoms with Crippen LogP contribution in [0, 0.1) is 11.8 Å². The van der Waals surface area contributed by atoms with E-state index in [1.807, 2.05) is 0 Å². The number of hydrogen-bond acceptors (Lipinski definition) is 2. The van der Waals surface area contributed by atoms with Gasteiger partial charge in [-0.2, -0.15) is 0 Å². The van der Waals surface area contributed by atoms with Crippen LogP contribution in [-0.2, 0) is 4.74 Å². The molecule has 1 saturated heterocycles. The van der Waals surface area contributed by atoms with Gasteiger partial charge in [-0.3, -0.25) is 0 Å². The lowest BCUT2D eigenvalue weighted by Gasteiger charge is -2.48. The molecule has 0 amide bonds. The summed E-state index contributed by atoms with van der Waals surface area (Å²) in [5, 5.41) is 10.5. The van der Waals surface area contributed by atoms with Gasteiger partial charge in [0.2, 0.25) is 0 Å². The molecule has 2 saturated carbocycles. The van der Waals surface area contributed by atoms with Gasteiger partial charge in [0.05, 0.1) is 11.7 Å². The Kier molecular flexibility index (Phi) is 4.48. The van der Waals surface area contributed by atoms with Crippen molar-refractivity contribution >= 4 is 0 Å². The monoisotopic (exact) mass is 266 g/mol. The van der Waals surface area contributed by atoms with E-state index < -0.39 is 0 Å². The summed E-state index contributed by atoms with van der Waals surface area (Å²) in [6, 6.07) is 0. The van der Waals surface area contributed by atoms with Crippen molar-refractivity contribution in [3.05, 3.63) is 0 Å². The summed E-state index contributed by atoms with van der Waals surface area (Å²) in [6.45, 7) is 0.880. The standard InChI is InChI=1S/C17H30O2/c18-16(8-7-14-5-2-1-3-6-14)15-9-12-19-17(13-15)10-4-11-17/h14-16,18H,1-13H2. The molecule has 2 atom stereocenters. The summed E-state index contributed by atoms with van der Waals surface area (Å²) in [7, 11) is 0. The third kappa shape index (κ3) is 3.33. The van der Waals surface area contributed by atoms with Gasteiger partial charge in [-0.1, -0.05) is 32.1 Å². The lowest BCUT2D eigenvalue weighted by molar-refractivity contribution is -0.157. The summed E-state index contributed by atoms with van der Waals surface area (Å²) in [6.07, 6.45) is 15.3. The molecule has 2 unspecified atom stereocenters. The zero-order chi connectivity index (χ0) is 13.1. The Bertz CT molecular complexity index is 279. The number of rotatable bonds is 4. The second-order valence-corrected chi connectivity index (χ2v) is 7.29. The number of ether oxygens (including phenoxy) is 1. The maximum Gasteiger partial charge on any atom is 0.0686 e. The Labute approximate surface area is 117 Å². The lowest BCUT2D eigenvalue weighted by Crippen LogP contribution is -2.47. The van der Waals surface area contributed by atoms with Gasteiger partial charge in [-0.25, -0.2) is 0 Å². The molecule has 0 aromatic heterocycles. The van der Waals surface area contributed by atoms with Gasteiger partial charge in [0.1, 0.15) is 0 Å². The maximum atomic E-state index is 10.5. The van der Waals surface area contributed by atoms with E-state index in [2.05, 4.69) is 0 Å². The molecule has 1 heterocycles. The minimum atomic E-state index is -0.0664. The largest absolute Gasteiger partial charge is 0.393 e. The van der Waals surface area contributed by atoms with Crippen molar-refractivity contribution < 1.29 is 9.84 Å². The second-order valence-electron chi connectivity index (χ2n) is 7.29. The third-order valence-corrected chi connectivity index (χ3v) is 5.94. The van der Waals surface area contributed by atoms with Crippen LogP contribution in [0.15, 0.2) is 0 Å². The van der Waals surface area contributed by atoms with Crippen LogP contribution in [0.4, 0.5) is 0 Å². The third-order valence-electron chi connectivity index (χ3n) is 5.94. The van der Waals surface area contributed by atoms with Crippen LogP contribution in [0.25, 0.3) is 0 Å². The van der Waals surface area contributed by atoms with E-state index in [4.69, 9.17) is 4.74 Å². The second kappa shape index (κ2) is 6.13. The summed E-state index contributed by atoms with van der Waals surface area (Å²) < 4.78 is 5.97. The van der Waals surface area contributed by atoms with Crippen molar-refractivity contribution in [3.63, 3.8) is 0 Å². The maximum absolute atomic E-state index is 10.5. The fourth-order valence-electron chi connectivity index (χ4n) is 4.43. The van der Waals surface area contributed by atoms with E-state index in [9.17, 15) is 5.11 Å². The summed E-state index contributed by atoms with van der Waals surface area (Å²) in [4.78, 5) is 0. The highest BCUT2D eigenvalue weighted by Crippen LogP contribution is 2.45. The first-order valence-electron chi connectivity index (χ1n) is 8.59. The molecular formula is C17H30O2. The van der Waals surface area contributed by atoms with Crippen LogP contribution in [0.1, 0.15) is 77.0 Å². The first-order chi connectivity index (χ1) is 9.27. The van der Waals surface area contributed by atoms with Gasteiger partial charge in [-0.15, -0.1) is 0 Å². The molecule has 19 heavy (non-hydrogen) atoms. The Morgan fingerprint density at radius 2 is 1.84 bits per heavy atom. The van der Waals surface area contributed by atoms with Gasteiger partial charge in [-0.05, 0) is 56.8 Å². The SMILES string of the molecule is OC(CCC1CCCCC1)C1CCOC2(CCC2)C1. The van der Waals surface area contributed by atoms with Gasteiger partial charge < -0.3 is 9.84 Å². The van der Waals surface area contributed by atoms with Crippen molar-refractivity contribution in [1.29, 1.82) is 0 Å². The van der Waals surface area contributed by atoms with Crippen LogP contribution in [-0.4, -0.2) is 23.4 Å². The molecule has 2 aliphatic carbocycles. The highest BCUT2D eigenvalue weighted by Gasteiger charge is 2.43. The molecule has 110 valence electrons. The van der Waals surface area contributed by atoms with E-state index in [1.54, 1.807) is 0 Å². The summed E-state index contributed by atoms with van der Waals surface area (Å²) in [5.74, 6) is 1.42.